The second-order valence-electron chi connectivity index (χ2n) is 2.97. The van der Waals surface area contributed by atoms with Crippen LogP contribution in [0.2, 0.25) is 5.02 Å². The molecule has 0 bridgehead atoms. The van der Waals surface area contributed by atoms with E-state index in [0.29, 0.717) is 10.7 Å². The zero-order valence-electron chi connectivity index (χ0n) is 8.49. The summed E-state index contributed by atoms with van der Waals surface area (Å²) in [6.45, 7) is 1.77. The third-order valence-corrected chi connectivity index (χ3v) is 3.37. The Morgan fingerprint density at radius 3 is 2.80 bits per heavy atom. The van der Waals surface area contributed by atoms with Crippen LogP contribution in [0.25, 0.3) is 0 Å². The first-order valence-electron chi connectivity index (χ1n) is 4.34. The van der Waals surface area contributed by atoms with E-state index in [2.05, 4.69) is 4.74 Å². The minimum Gasteiger partial charge on any atom is -0.468 e. The molecule has 0 amide bonds. The van der Waals surface area contributed by atoms with Crippen LogP contribution in [0.4, 0.5) is 5.69 Å². The normalized spacial score (nSPS) is 12.2. The lowest BCUT2D eigenvalue weighted by Gasteiger charge is -2.10. The lowest BCUT2D eigenvalue weighted by atomic mass is 10.3. The van der Waals surface area contributed by atoms with Crippen LogP contribution in [-0.4, -0.2) is 18.3 Å². The van der Waals surface area contributed by atoms with Crippen LogP contribution < -0.4 is 5.73 Å². The first kappa shape index (κ1) is 12.2. The van der Waals surface area contributed by atoms with E-state index in [1.165, 1.54) is 18.9 Å². The van der Waals surface area contributed by atoms with E-state index < -0.39 is 0 Å². The number of hydrogen-bond donors (Lipinski definition) is 1. The molecule has 0 spiro atoms. The number of benzene rings is 1. The van der Waals surface area contributed by atoms with Gasteiger partial charge in [-0.25, -0.2) is 0 Å². The van der Waals surface area contributed by atoms with Gasteiger partial charge in [-0.05, 0) is 25.1 Å². The fraction of sp³-hybridized carbons (Fsp3) is 0.300. The van der Waals surface area contributed by atoms with Crippen molar-refractivity contribution in [1.82, 2.24) is 0 Å². The largest absolute Gasteiger partial charge is 0.468 e. The predicted molar refractivity (Wildman–Crippen MR) is 63.2 cm³/mol. The standard InChI is InChI=1S/C10H12ClNO2S/c1-6(10(13)14-2)15-9-4-3-7(12)5-8(9)11/h3-6H,12H2,1-2H3. The van der Waals surface area contributed by atoms with Crippen LogP contribution in [0.15, 0.2) is 23.1 Å². The van der Waals surface area contributed by atoms with E-state index in [0.717, 1.165) is 4.90 Å². The Balaban J connectivity index is 2.76. The van der Waals surface area contributed by atoms with E-state index in [9.17, 15) is 4.79 Å². The average Bonchev–Trinajstić information content (AvgIpc) is 2.20. The molecule has 1 rings (SSSR count). The number of esters is 1. The number of carbonyl (C=O) groups excluding carboxylic acids is 1. The van der Waals surface area contributed by atoms with Crippen LogP contribution in [0.1, 0.15) is 6.92 Å². The van der Waals surface area contributed by atoms with Crippen molar-refractivity contribution < 1.29 is 9.53 Å². The highest BCUT2D eigenvalue weighted by atomic mass is 35.5. The van der Waals surface area contributed by atoms with Crippen LogP contribution in [0.3, 0.4) is 0 Å². The fourth-order valence-electron chi connectivity index (χ4n) is 1.02. The zero-order valence-corrected chi connectivity index (χ0v) is 10.1. The van der Waals surface area contributed by atoms with E-state index in [-0.39, 0.29) is 11.2 Å². The SMILES string of the molecule is COC(=O)C(C)Sc1ccc(N)cc1Cl. The molecule has 15 heavy (non-hydrogen) atoms. The van der Waals surface area contributed by atoms with Crippen LogP contribution in [0.5, 0.6) is 0 Å². The number of anilines is 1. The van der Waals surface area contributed by atoms with Gasteiger partial charge in [0, 0.05) is 10.6 Å². The summed E-state index contributed by atoms with van der Waals surface area (Å²) in [5.74, 6) is -0.270. The summed E-state index contributed by atoms with van der Waals surface area (Å²) >= 11 is 7.32. The van der Waals surface area contributed by atoms with Crippen molar-refractivity contribution in [2.75, 3.05) is 12.8 Å². The van der Waals surface area contributed by atoms with Gasteiger partial charge in [0.1, 0.15) is 5.25 Å². The minimum absolute atomic E-state index is 0.270. The maximum absolute atomic E-state index is 11.2. The number of ether oxygens (including phenoxy) is 1. The minimum atomic E-state index is -0.281. The summed E-state index contributed by atoms with van der Waals surface area (Å²) in [5.41, 5.74) is 6.17. The van der Waals surface area contributed by atoms with Crippen molar-refractivity contribution >= 4 is 35.0 Å². The van der Waals surface area contributed by atoms with Crippen LogP contribution in [0, 0.1) is 0 Å². The molecule has 0 saturated heterocycles. The van der Waals surface area contributed by atoms with Crippen molar-refractivity contribution in [3.8, 4) is 0 Å². The van der Waals surface area contributed by atoms with Gasteiger partial charge in [-0.15, -0.1) is 11.8 Å². The predicted octanol–water partition coefficient (Wildman–Crippen LogP) is 2.58. The maximum Gasteiger partial charge on any atom is 0.318 e. The lowest BCUT2D eigenvalue weighted by Crippen LogP contribution is -2.14. The summed E-state index contributed by atoms with van der Waals surface area (Å²) in [5, 5.41) is 0.270. The molecular weight excluding hydrogens is 234 g/mol. The summed E-state index contributed by atoms with van der Waals surface area (Å²) in [6.07, 6.45) is 0. The van der Waals surface area contributed by atoms with Gasteiger partial charge in [-0.2, -0.15) is 0 Å². The molecule has 1 aromatic rings. The fourth-order valence-corrected chi connectivity index (χ4v) is 2.23. The lowest BCUT2D eigenvalue weighted by molar-refractivity contribution is -0.139. The molecule has 0 aliphatic carbocycles. The molecule has 0 heterocycles. The highest BCUT2D eigenvalue weighted by Crippen LogP contribution is 2.31. The van der Waals surface area contributed by atoms with E-state index in [4.69, 9.17) is 17.3 Å². The Labute approximate surface area is 97.9 Å². The molecule has 2 N–H and O–H groups in total. The second kappa shape index (κ2) is 5.28. The Morgan fingerprint density at radius 1 is 1.60 bits per heavy atom. The van der Waals surface area contributed by atoms with Gasteiger partial charge < -0.3 is 10.5 Å². The number of thioether (sulfide) groups is 1. The number of hydrogen-bond acceptors (Lipinski definition) is 4. The Kier molecular flexibility index (Phi) is 4.29. The highest BCUT2D eigenvalue weighted by molar-refractivity contribution is 8.00. The molecule has 0 saturated carbocycles. The molecule has 0 radical (unpaired) electrons. The Hall–Kier alpha value is -0.870. The summed E-state index contributed by atoms with van der Waals surface area (Å²) in [4.78, 5) is 12.0. The molecule has 1 aromatic carbocycles. The topological polar surface area (TPSA) is 52.3 Å². The smallest absolute Gasteiger partial charge is 0.318 e. The van der Waals surface area contributed by atoms with Crippen molar-refractivity contribution in [3.63, 3.8) is 0 Å². The van der Waals surface area contributed by atoms with Crippen LogP contribution >= 0.6 is 23.4 Å². The molecule has 0 aromatic heterocycles. The van der Waals surface area contributed by atoms with E-state index in [1.54, 1.807) is 25.1 Å². The average molecular weight is 246 g/mol. The molecule has 5 heteroatoms. The maximum atomic E-state index is 11.2. The third kappa shape index (κ3) is 3.32. The number of rotatable bonds is 3. The van der Waals surface area contributed by atoms with Crippen LogP contribution in [-0.2, 0) is 9.53 Å². The molecule has 0 aliphatic heterocycles. The van der Waals surface area contributed by atoms with Crippen molar-refractivity contribution in [1.29, 1.82) is 0 Å². The first-order chi connectivity index (χ1) is 7.04. The quantitative estimate of drug-likeness (QED) is 0.505. The molecule has 1 unspecified atom stereocenters. The second-order valence-corrected chi connectivity index (χ2v) is 4.76. The van der Waals surface area contributed by atoms with Gasteiger partial charge in [-0.3, -0.25) is 4.79 Å². The molecule has 0 aliphatic rings. The van der Waals surface area contributed by atoms with E-state index >= 15 is 0 Å². The summed E-state index contributed by atoms with van der Waals surface area (Å²) in [6, 6.07) is 5.20. The van der Waals surface area contributed by atoms with Crippen molar-refractivity contribution in [3.05, 3.63) is 23.2 Å². The monoisotopic (exact) mass is 245 g/mol. The van der Waals surface area contributed by atoms with Gasteiger partial charge >= 0.3 is 5.97 Å². The molecular formula is C10H12ClNO2S. The van der Waals surface area contributed by atoms with Gasteiger partial charge in [-0.1, -0.05) is 11.6 Å². The van der Waals surface area contributed by atoms with Gasteiger partial charge in [0.25, 0.3) is 0 Å². The molecule has 3 nitrogen and oxygen atoms in total. The van der Waals surface area contributed by atoms with Gasteiger partial charge in [0.15, 0.2) is 0 Å². The molecule has 1 atom stereocenters. The third-order valence-electron chi connectivity index (χ3n) is 1.79. The number of carbonyl (C=O) groups is 1. The van der Waals surface area contributed by atoms with Gasteiger partial charge in [0.2, 0.25) is 0 Å². The van der Waals surface area contributed by atoms with Crippen molar-refractivity contribution in [2.24, 2.45) is 0 Å². The Morgan fingerprint density at radius 2 is 2.27 bits per heavy atom. The van der Waals surface area contributed by atoms with E-state index in [1.807, 2.05) is 0 Å². The number of nitrogens with two attached hydrogens (primary N) is 1. The first-order valence-corrected chi connectivity index (χ1v) is 5.60. The summed E-state index contributed by atoms with van der Waals surface area (Å²) < 4.78 is 4.62. The van der Waals surface area contributed by atoms with Gasteiger partial charge in [0.05, 0.1) is 12.1 Å². The summed E-state index contributed by atoms with van der Waals surface area (Å²) in [7, 11) is 1.37. The molecule has 0 fully saturated rings. The van der Waals surface area contributed by atoms with Crippen molar-refractivity contribution in [2.45, 2.75) is 17.1 Å². The number of nitrogen functional groups attached to an aromatic ring is 1. The zero-order chi connectivity index (χ0) is 11.4. The number of methoxy groups -OCH3 is 1. The Bertz CT molecular complexity index is 370. The highest BCUT2D eigenvalue weighted by Gasteiger charge is 2.15. The number of halogens is 1. The molecule has 82 valence electrons.